The number of imide groups is 1. The zero-order valence-electron chi connectivity index (χ0n) is 22.0. The van der Waals surface area contributed by atoms with Crippen molar-refractivity contribution in [3.63, 3.8) is 0 Å². The number of hydrogen-bond donors (Lipinski definition) is 0. The minimum absolute atomic E-state index is 0.136. The molecule has 6 rings (SSSR count). The van der Waals surface area contributed by atoms with Gasteiger partial charge in [0.2, 0.25) is 11.8 Å². The maximum Gasteiger partial charge on any atom is 0.339 e. The molecule has 1 aliphatic heterocycles. The van der Waals surface area contributed by atoms with E-state index in [1.807, 2.05) is 0 Å². The van der Waals surface area contributed by atoms with Crippen molar-refractivity contribution in [2.75, 3.05) is 11.5 Å². The van der Waals surface area contributed by atoms with E-state index < -0.39 is 17.8 Å². The van der Waals surface area contributed by atoms with Crippen molar-refractivity contribution in [2.45, 2.75) is 20.8 Å². The number of esters is 1. The summed E-state index contributed by atoms with van der Waals surface area (Å²) in [5.74, 6) is -2.43. The molecule has 3 aromatic carbocycles. The molecule has 3 aliphatic rings. The first kappa shape index (κ1) is 25.3. The zero-order valence-corrected chi connectivity index (χ0v) is 22.7. The Hall–Kier alpha value is -3.96. The Labute approximate surface area is 232 Å². The van der Waals surface area contributed by atoms with Gasteiger partial charge in [-0.3, -0.25) is 9.59 Å². The van der Waals surface area contributed by atoms with E-state index in [4.69, 9.17) is 16.3 Å². The number of benzene rings is 3. The van der Waals surface area contributed by atoms with Gasteiger partial charge in [0.05, 0.1) is 34.7 Å². The van der Waals surface area contributed by atoms with Crippen LogP contribution in [0.15, 0.2) is 84.5 Å². The monoisotopic (exact) mass is 537 g/mol. The minimum atomic E-state index is -0.587. The van der Waals surface area contributed by atoms with Crippen molar-refractivity contribution in [3.05, 3.63) is 117 Å². The summed E-state index contributed by atoms with van der Waals surface area (Å²) in [7, 11) is 0. The molecular formula is C33H28ClNO4. The van der Waals surface area contributed by atoms with Crippen LogP contribution in [0.5, 0.6) is 0 Å². The second kappa shape index (κ2) is 9.65. The van der Waals surface area contributed by atoms with Crippen molar-refractivity contribution in [1.29, 1.82) is 0 Å². The second-order valence-corrected chi connectivity index (χ2v) is 10.9. The smallest absolute Gasteiger partial charge is 0.339 e. The average molecular weight is 538 g/mol. The van der Waals surface area contributed by atoms with Gasteiger partial charge in [-0.05, 0) is 61.2 Å². The molecule has 0 aromatic heterocycles. The van der Waals surface area contributed by atoms with Crippen LogP contribution in [-0.2, 0) is 14.3 Å². The van der Waals surface area contributed by atoms with Crippen LogP contribution >= 0.6 is 11.6 Å². The molecule has 2 amide bonds. The molecule has 2 fully saturated rings. The number of ether oxygens (including phenoxy) is 1. The molecule has 39 heavy (non-hydrogen) atoms. The SMILES string of the molecule is CCOC(=O)c1cc(N2C(=O)C3C4C=CC(C4=C(c4ccc(C)cc4)c4ccc(C)cc4)C3C2=O)ccc1Cl. The third-order valence-corrected chi connectivity index (χ3v) is 8.42. The minimum Gasteiger partial charge on any atom is -0.462 e. The standard InChI is InChI=1S/C33H28ClNO4/c1-4-39-33(38)25-17-22(13-16-26(25)34)35-31(36)29-23-14-15-24(30(29)32(35)37)28(23)27(20-9-5-18(2)6-10-20)21-11-7-19(3)8-12-21/h5-17,23-24,29-30H,4H2,1-3H3. The van der Waals surface area contributed by atoms with E-state index in [1.165, 1.54) is 28.2 Å². The molecule has 6 heteroatoms. The van der Waals surface area contributed by atoms with Crippen molar-refractivity contribution in [1.82, 2.24) is 0 Å². The van der Waals surface area contributed by atoms with E-state index >= 15 is 0 Å². The predicted octanol–water partition coefficient (Wildman–Crippen LogP) is 6.56. The molecule has 3 aromatic rings. The van der Waals surface area contributed by atoms with Gasteiger partial charge in [-0.25, -0.2) is 9.69 Å². The maximum atomic E-state index is 13.9. The van der Waals surface area contributed by atoms with E-state index in [0.717, 1.165) is 22.3 Å². The van der Waals surface area contributed by atoms with Crippen LogP contribution in [0.3, 0.4) is 0 Å². The molecule has 5 nitrogen and oxygen atoms in total. The molecule has 2 bridgehead atoms. The fourth-order valence-corrected chi connectivity index (χ4v) is 6.50. The number of aryl methyl sites for hydroxylation is 2. The van der Waals surface area contributed by atoms with Gasteiger partial charge >= 0.3 is 5.97 Å². The largest absolute Gasteiger partial charge is 0.462 e. The molecule has 1 heterocycles. The van der Waals surface area contributed by atoms with E-state index in [2.05, 4.69) is 74.5 Å². The van der Waals surface area contributed by atoms with Gasteiger partial charge in [0.15, 0.2) is 0 Å². The van der Waals surface area contributed by atoms with Crippen molar-refractivity contribution in [3.8, 4) is 0 Å². The third kappa shape index (κ3) is 4.04. The van der Waals surface area contributed by atoms with Crippen LogP contribution in [-0.4, -0.2) is 24.4 Å². The molecule has 0 radical (unpaired) electrons. The van der Waals surface area contributed by atoms with Crippen LogP contribution in [0.1, 0.15) is 39.5 Å². The number of halogens is 1. The zero-order chi connectivity index (χ0) is 27.4. The molecule has 196 valence electrons. The summed E-state index contributed by atoms with van der Waals surface area (Å²) in [4.78, 5) is 41.5. The van der Waals surface area contributed by atoms with E-state index in [0.29, 0.717) is 5.69 Å². The van der Waals surface area contributed by atoms with Gasteiger partial charge in [0.1, 0.15) is 0 Å². The Morgan fingerprint density at radius 2 is 1.33 bits per heavy atom. The van der Waals surface area contributed by atoms with Gasteiger partial charge < -0.3 is 4.74 Å². The first-order valence-corrected chi connectivity index (χ1v) is 13.6. The highest BCUT2D eigenvalue weighted by Gasteiger charge is 2.62. The number of hydrogen-bond acceptors (Lipinski definition) is 4. The number of rotatable bonds is 5. The number of allylic oxidation sites excluding steroid dienone is 3. The Bertz CT molecular complexity index is 1490. The normalized spacial score (nSPS) is 23.0. The fourth-order valence-electron chi connectivity index (χ4n) is 6.31. The second-order valence-electron chi connectivity index (χ2n) is 10.4. The van der Waals surface area contributed by atoms with Crippen LogP contribution < -0.4 is 4.90 Å². The first-order valence-electron chi connectivity index (χ1n) is 13.2. The Kier molecular flexibility index (Phi) is 6.27. The Morgan fingerprint density at radius 1 is 0.821 bits per heavy atom. The quantitative estimate of drug-likeness (QED) is 0.210. The Balaban J connectivity index is 1.43. The number of anilines is 1. The van der Waals surface area contributed by atoms with Crippen LogP contribution in [0, 0.1) is 37.5 Å². The van der Waals surface area contributed by atoms with Crippen molar-refractivity contribution < 1.29 is 19.1 Å². The summed E-state index contributed by atoms with van der Waals surface area (Å²) in [5.41, 5.74) is 7.18. The van der Waals surface area contributed by atoms with Gasteiger partial charge in [0.25, 0.3) is 0 Å². The van der Waals surface area contributed by atoms with Gasteiger partial charge in [-0.2, -0.15) is 0 Å². The summed E-state index contributed by atoms with van der Waals surface area (Å²) < 4.78 is 5.11. The summed E-state index contributed by atoms with van der Waals surface area (Å²) in [5, 5.41) is 0.212. The molecule has 0 N–H and O–H groups in total. The average Bonchev–Trinajstić information content (AvgIpc) is 3.56. The van der Waals surface area contributed by atoms with Crippen LogP contribution in [0.2, 0.25) is 5.02 Å². The Morgan fingerprint density at radius 3 is 1.82 bits per heavy atom. The number of amides is 2. The number of carbonyl (C=O) groups is 3. The van der Waals surface area contributed by atoms with Gasteiger partial charge in [0, 0.05) is 11.8 Å². The van der Waals surface area contributed by atoms with E-state index in [9.17, 15) is 14.4 Å². The predicted molar refractivity (Wildman–Crippen MR) is 151 cm³/mol. The topological polar surface area (TPSA) is 63.7 Å². The lowest BCUT2D eigenvalue weighted by Gasteiger charge is -2.22. The molecule has 4 atom stereocenters. The number of fused-ring (bicyclic) bond motifs is 5. The van der Waals surface area contributed by atoms with E-state index in [1.54, 1.807) is 13.0 Å². The summed E-state index contributed by atoms with van der Waals surface area (Å²) in [6.07, 6.45) is 4.17. The molecule has 1 saturated carbocycles. The van der Waals surface area contributed by atoms with Gasteiger partial charge in [-0.1, -0.05) is 83.4 Å². The molecule has 1 saturated heterocycles. The highest BCUT2D eigenvalue weighted by molar-refractivity contribution is 6.34. The highest BCUT2D eigenvalue weighted by atomic mass is 35.5. The lowest BCUT2D eigenvalue weighted by Crippen LogP contribution is -2.33. The lowest BCUT2D eigenvalue weighted by molar-refractivity contribution is -0.122. The molecular weight excluding hydrogens is 510 g/mol. The summed E-state index contributed by atoms with van der Waals surface area (Å²) in [6, 6.07) is 21.5. The molecule has 4 unspecified atom stereocenters. The fraction of sp³-hybridized carbons (Fsp3) is 0.242. The molecule has 2 aliphatic carbocycles. The summed E-state index contributed by atoms with van der Waals surface area (Å²) in [6.45, 7) is 6.02. The maximum absolute atomic E-state index is 13.9. The first-order chi connectivity index (χ1) is 18.8. The third-order valence-electron chi connectivity index (χ3n) is 8.09. The van der Waals surface area contributed by atoms with Crippen LogP contribution in [0.4, 0.5) is 5.69 Å². The van der Waals surface area contributed by atoms with Crippen LogP contribution in [0.25, 0.3) is 5.57 Å². The number of nitrogens with zero attached hydrogens (tertiary/aromatic N) is 1. The van der Waals surface area contributed by atoms with E-state index in [-0.39, 0.29) is 40.8 Å². The molecule has 0 spiro atoms. The highest BCUT2D eigenvalue weighted by Crippen LogP contribution is 2.59. The summed E-state index contributed by atoms with van der Waals surface area (Å²) >= 11 is 6.24. The van der Waals surface area contributed by atoms with Crippen molar-refractivity contribution in [2.24, 2.45) is 23.7 Å². The lowest BCUT2D eigenvalue weighted by atomic mass is 9.85. The number of carbonyl (C=O) groups excluding carboxylic acids is 3. The van der Waals surface area contributed by atoms with Gasteiger partial charge in [-0.15, -0.1) is 0 Å². The van der Waals surface area contributed by atoms with Crippen molar-refractivity contribution >= 4 is 40.6 Å².